The summed E-state index contributed by atoms with van der Waals surface area (Å²) in [5, 5.41) is 2.00. The van der Waals surface area contributed by atoms with E-state index in [2.05, 4.69) is 18.1 Å². The summed E-state index contributed by atoms with van der Waals surface area (Å²) >= 11 is 0. The van der Waals surface area contributed by atoms with Gasteiger partial charge in [0.1, 0.15) is 6.61 Å². The summed E-state index contributed by atoms with van der Waals surface area (Å²) in [6, 6.07) is 4.04. The number of aromatic nitrogens is 1. The standard InChI is InChI=1S/C22H27NO.3C2H6/c1-7-11-20(17(5)9-3)15-18(6)24-16-21-14-13-19(10-4)22(23-21)12-8-2;3*1-2/h7-15H,2-3,16H2,1,4-6H3;3*1-2H3/b11-7-,18-15+,19-10-,20-17+,22-12+;;;. The summed E-state index contributed by atoms with van der Waals surface area (Å²) in [5.41, 5.74) is 3.09. The summed E-state index contributed by atoms with van der Waals surface area (Å²) in [5.74, 6) is 0.839. The molecule has 1 aromatic heterocycles. The van der Waals surface area contributed by atoms with Crippen molar-refractivity contribution in [1.29, 1.82) is 0 Å². The van der Waals surface area contributed by atoms with Crippen molar-refractivity contribution < 1.29 is 4.74 Å². The fraction of sp³-hybridized carbons (Fsp3) is 0.393. The number of nitrogens with zero attached hydrogens (tertiary/aromatic N) is 1. The topological polar surface area (TPSA) is 22.1 Å². The highest BCUT2D eigenvalue weighted by Crippen LogP contribution is 2.13. The van der Waals surface area contributed by atoms with E-state index in [4.69, 9.17) is 4.74 Å². The van der Waals surface area contributed by atoms with Crippen molar-refractivity contribution in [3.05, 3.63) is 88.8 Å². The Balaban J connectivity index is -0.00000111. The normalized spacial score (nSPS) is 12.4. The summed E-state index contributed by atoms with van der Waals surface area (Å²) in [6.45, 7) is 28.0. The van der Waals surface area contributed by atoms with Crippen molar-refractivity contribution in [3.8, 4) is 0 Å². The predicted molar refractivity (Wildman–Crippen MR) is 139 cm³/mol. The van der Waals surface area contributed by atoms with Crippen LogP contribution >= 0.6 is 0 Å². The van der Waals surface area contributed by atoms with E-state index in [0.717, 1.165) is 33.2 Å². The third kappa shape index (κ3) is 13.5. The molecular formula is C28H45NO. The van der Waals surface area contributed by atoms with Crippen LogP contribution in [0.3, 0.4) is 0 Å². The Morgan fingerprint density at radius 3 is 2.07 bits per heavy atom. The van der Waals surface area contributed by atoms with E-state index < -0.39 is 0 Å². The van der Waals surface area contributed by atoms with Gasteiger partial charge in [0.2, 0.25) is 0 Å². The van der Waals surface area contributed by atoms with Crippen molar-refractivity contribution in [2.75, 3.05) is 0 Å². The zero-order valence-electron chi connectivity index (χ0n) is 21.2. The van der Waals surface area contributed by atoms with Crippen LogP contribution in [0.25, 0.3) is 12.2 Å². The van der Waals surface area contributed by atoms with Crippen LogP contribution in [-0.2, 0) is 11.3 Å². The Kier molecular flexibility index (Phi) is 24.2. The molecule has 0 aromatic carbocycles. The van der Waals surface area contributed by atoms with Gasteiger partial charge in [-0.05, 0) is 62.3 Å². The highest BCUT2D eigenvalue weighted by molar-refractivity contribution is 5.40. The van der Waals surface area contributed by atoms with Gasteiger partial charge >= 0.3 is 0 Å². The van der Waals surface area contributed by atoms with E-state index in [1.807, 2.05) is 118 Å². The fourth-order valence-corrected chi connectivity index (χ4v) is 2.14. The number of hydrogen-bond donors (Lipinski definition) is 0. The molecule has 1 aromatic rings. The molecule has 0 N–H and O–H groups in total. The van der Waals surface area contributed by atoms with Crippen molar-refractivity contribution in [2.24, 2.45) is 0 Å². The second-order valence-electron chi connectivity index (χ2n) is 5.35. The maximum absolute atomic E-state index is 5.85. The van der Waals surface area contributed by atoms with Gasteiger partial charge in [-0.2, -0.15) is 0 Å². The molecule has 1 heterocycles. The van der Waals surface area contributed by atoms with Crippen LogP contribution in [0.4, 0.5) is 0 Å². The Hall–Kier alpha value is -2.61. The lowest BCUT2D eigenvalue weighted by atomic mass is 10.1. The maximum atomic E-state index is 5.85. The summed E-state index contributed by atoms with van der Waals surface area (Å²) in [6.07, 6.45) is 13.6. The second-order valence-corrected chi connectivity index (χ2v) is 5.35. The number of hydrogen-bond acceptors (Lipinski definition) is 2. The molecule has 0 saturated heterocycles. The molecule has 0 bridgehead atoms. The lowest BCUT2D eigenvalue weighted by Crippen LogP contribution is -2.28. The van der Waals surface area contributed by atoms with E-state index in [1.165, 1.54) is 0 Å². The monoisotopic (exact) mass is 411 g/mol. The van der Waals surface area contributed by atoms with Gasteiger partial charge in [0.25, 0.3) is 0 Å². The molecule has 0 amide bonds. The first-order chi connectivity index (χ1) is 14.5. The first-order valence-electron chi connectivity index (χ1n) is 11.1. The Bertz CT molecular complexity index is 792. The zero-order chi connectivity index (χ0) is 23.9. The quantitative estimate of drug-likeness (QED) is 0.344. The van der Waals surface area contributed by atoms with Crippen LogP contribution in [0.15, 0.2) is 72.6 Å². The maximum Gasteiger partial charge on any atom is 0.130 e. The van der Waals surface area contributed by atoms with Gasteiger partial charge in [-0.3, -0.25) is 0 Å². The molecule has 0 aliphatic heterocycles. The average molecular weight is 412 g/mol. The van der Waals surface area contributed by atoms with Gasteiger partial charge in [0.15, 0.2) is 0 Å². The Labute approximate surface area is 186 Å². The van der Waals surface area contributed by atoms with Crippen LogP contribution in [0.2, 0.25) is 0 Å². The minimum Gasteiger partial charge on any atom is -0.492 e. The highest BCUT2D eigenvalue weighted by Gasteiger charge is 1.99. The Morgan fingerprint density at radius 1 is 1.00 bits per heavy atom. The first-order valence-corrected chi connectivity index (χ1v) is 11.1. The van der Waals surface area contributed by atoms with E-state index in [9.17, 15) is 0 Å². The first kappa shape index (κ1) is 32.1. The smallest absolute Gasteiger partial charge is 0.130 e. The molecule has 30 heavy (non-hydrogen) atoms. The summed E-state index contributed by atoms with van der Waals surface area (Å²) < 4.78 is 5.85. The number of ether oxygens (including phenoxy) is 1. The molecule has 1 rings (SSSR count). The van der Waals surface area contributed by atoms with Gasteiger partial charge in [-0.15, -0.1) is 0 Å². The third-order valence-corrected chi connectivity index (χ3v) is 3.52. The molecule has 0 spiro atoms. The average Bonchev–Trinajstić information content (AvgIpc) is 2.81. The molecule has 0 aliphatic rings. The molecule has 2 nitrogen and oxygen atoms in total. The second kappa shape index (κ2) is 22.7. The molecule has 168 valence electrons. The third-order valence-electron chi connectivity index (χ3n) is 3.52. The molecule has 0 atom stereocenters. The SMILES string of the molecule is C=C/C=c1/nc(CO/C(C)=C/C(/C=C\C)=C(\C)C=C)cc/c1=C/C.CC.CC.CC. The van der Waals surface area contributed by atoms with Crippen molar-refractivity contribution in [3.63, 3.8) is 0 Å². The largest absolute Gasteiger partial charge is 0.492 e. The molecule has 0 fully saturated rings. The molecule has 0 unspecified atom stereocenters. The summed E-state index contributed by atoms with van der Waals surface area (Å²) in [4.78, 5) is 4.62. The van der Waals surface area contributed by atoms with Gasteiger partial charge in [-0.1, -0.05) is 91.1 Å². The Morgan fingerprint density at radius 2 is 1.60 bits per heavy atom. The van der Waals surface area contributed by atoms with E-state index in [1.54, 1.807) is 6.08 Å². The minimum atomic E-state index is 0.431. The molecular weight excluding hydrogens is 366 g/mol. The van der Waals surface area contributed by atoms with Crippen LogP contribution < -0.4 is 10.6 Å². The molecule has 2 heteroatoms. The zero-order valence-corrected chi connectivity index (χ0v) is 21.2. The minimum absolute atomic E-state index is 0.431. The molecule has 0 aliphatic carbocycles. The van der Waals surface area contributed by atoms with Crippen molar-refractivity contribution >= 4 is 12.2 Å². The van der Waals surface area contributed by atoms with Gasteiger partial charge in [0.05, 0.1) is 16.8 Å². The number of pyridine rings is 1. The molecule has 0 saturated carbocycles. The number of rotatable bonds is 7. The van der Waals surface area contributed by atoms with Crippen LogP contribution in [-0.4, -0.2) is 4.98 Å². The van der Waals surface area contributed by atoms with Gasteiger partial charge in [0, 0.05) is 0 Å². The van der Waals surface area contributed by atoms with Gasteiger partial charge < -0.3 is 4.74 Å². The van der Waals surface area contributed by atoms with Gasteiger partial charge in [-0.25, -0.2) is 4.98 Å². The van der Waals surface area contributed by atoms with Crippen LogP contribution in [0, 0.1) is 0 Å². The predicted octanol–water partition coefficient (Wildman–Crippen LogP) is 7.43. The lowest BCUT2D eigenvalue weighted by Gasteiger charge is -2.08. The highest BCUT2D eigenvalue weighted by atomic mass is 16.5. The molecule has 0 radical (unpaired) electrons. The number of allylic oxidation sites excluding steroid dienone is 8. The van der Waals surface area contributed by atoms with E-state index >= 15 is 0 Å². The fourth-order valence-electron chi connectivity index (χ4n) is 2.14. The van der Waals surface area contributed by atoms with E-state index in [0.29, 0.717) is 6.61 Å². The lowest BCUT2D eigenvalue weighted by molar-refractivity contribution is 0.197. The van der Waals surface area contributed by atoms with Crippen molar-refractivity contribution in [2.45, 2.75) is 75.8 Å². The van der Waals surface area contributed by atoms with E-state index in [-0.39, 0.29) is 0 Å². The van der Waals surface area contributed by atoms with Crippen LogP contribution in [0.5, 0.6) is 0 Å². The van der Waals surface area contributed by atoms with Crippen LogP contribution in [0.1, 0.15) is 74.9 Å². The summed E-state index contributed by atoms with van der Waals surface area (Å²) in [7, 11) is 0. The van der Waals surface area contributed by atoms with Crippen molar-refractivity contribution in [1.82, 2.24) is 4.98 Å².